The molecule has 0 radical (unpaired) electrons. The van der Waals surface area contributed by atoms with E-state index in [2.05, 4.69) is 15.6 Å². The van der Waals surface area contributed by atoms with Gasteiger partial charge in [-0.15, -0.1) is 0 Å². The van der Waals surface area contributed by atoms with Crippen LogP contribution in [0.5, 0.6) is 0 Å². The summed E-state index contributed by atoms with van der Waals surface area (Å²) in [5, 5.41) is 13.9. The summed E-state index contributed by atoms with van der Waals surface area (Å²) in [7, 11) is 0. The van der Waals surface area contributed by atoms with Crippen LogP contribution in [0.3, 0.4) is 0 Å². The lowest BCUT2D eigenvalue weighted by molar-refractivity contribution is 0.444. The van der Waals surface area contributed by atoms with Gasteiger partial charge in [0.15, 0.2) is 5.82 Å². The third-order valence-corrected chi connectivity index (χ3v) is 5.25. The zero-order chi connectivity index (χ0) is 23.1. The molecular formula is C24H27F2N5O. The molecule has 6 nitrogen and oxygen atoms in total. The molecule has 2 heterocycles. The first kappa shape index (κ1) is 23.1. The van der Waals surface area contributed by atoms with Crippen LogP contribution >= 0.6 is 0 Å². The van der Waals surface area contributed by atoms with E-state index in [9.17, 15) is 13.6 Å². The second-order valence-corrected chi connectivity index (χ2v) is 7.20. The van der Waals surface area contributed by atoms with Crippen molar-refractivity contribution < 1.29 is 8.78 Å². The van der Waals surface area contributed by atoms with Gasteiger partial charge in [-0.3, -0.25) is 9.36 Å². The Labute approximate surface area is 185 Å². The van der Waals surface area contributed by atoms with Gasteiger partial charge in [0.25, 0.3) is 5.56 Å². The van der Waals surface area contributed by atoms with Crippen molar-refractivity contribution in [3.05, 3.63) is 81.9 Å². The number of pyridine rings is 2. The Bertz CT molecular complexity index is 1140. The van der Waals surface area contributed by atoms with E-state index in [1.807, 2.05) is 13.8 Å². The van der Waals surface area contributed by atoms with Gasteiger partial charge in [-0.05, 0) is 31.4 Å². The van der Waals surface area contributed by atoms with Crippen molar-refractivity contribution in [2.24, 2.45) is 0 Å². The summed E-state index contributed by atoms with van der Waals surface area (Å²) in [6.07, 6.45) is 6.65. The highest BCUT2D eigenvalue weighted by molar-refractivity contribution is 5.85. The minimum Gasteiger partial charge on any atom is -0.380 e. The molecule has 0 saturated heterocycles. The Morgan fingerprint density at radius 2 is 1.94 bits per heavy atom. The maximum Gasteiger partial charge on any atom is 0.266 e. The lowest BCUT2D eigenvalue weighted by atomic mass is 9.93. The molecule has 32 heavy (non-hydrogen) atoms. The van der Waals surface area contributed by atoms with Crippen LogP contribution in [0.1, 0.15) is 44.2 Å². The maximum atomic E-state index is 14.5. The number of halogens is 2. The molecule has 3 aromatic rings. The number of nitrogens with one attached hydrogen (secondary N) is 3. The minimum atomic E-state index is -0.640. The van der Waals surface area contributed by atoms with E-state index in [1.165, 1.54) is 18.3 Å². The van der Waals surface area contributed by atoms with E-state index in [1.54, 1.807) is 24.3 Å². The first-order chi connectivity index (χ1) is 15.6. The molecule has 1 saturated carbocycles. The largest absolute Gasteiger partial charge is 0.380 e. The normalized spacial score (nSPS) is 12.9. The van der Waals surface area contributed by atoms with Crippen LogP contribution in [-0.4, -0.2) is 21.8 Å². The molecule has 168 valence electrons. The summed E-state index contributed by atoms with van der Waals surface area (Å²) >= 11 is 0. The quantitative estimate of drug-likeness (QED) is 0.447. The molecule has 1 aromatic carbocycles. The molecule has 2 aromatic heterocycles. The standard InChI is InChI=1S/C22H21F2N5O.C2H6/c23-17-7-2-1-4-14(17)12-26-19-8-9-29(22(30)16(19)11-25)20-10-21(27-13-18(20)24)28-15-5-3-6-15;1-2/h1-2,4,7-11,13,15,25-26H,3,5-6,12H2,(H,27,28);1-2H3. The van der Waals surface area contributed by atoms with Gasteiger partial charge in [0.05, 0.1) is 23.1 Å². The predicted molar refractivity (Wildman–Crippen MR) is 124 cm³/mol. The number of hydrogen-bond acceptors (Lipinski definition) is 5. The fourth-order valence-corrected chi connectivity index (χ4v) is 3.32. The second-order valence-electron chi connectivity index (χ2n) is 7.20. The molecule has 8 heteroatoms. The molecule has 0 aliphatic heterocycles. The highest BCUT2D eigenvalue weighted by Gasteiger charge is 2.19. The van der Waals surface area contributed by atoms with Crippen molar-refractivity contribution in [3.63, 3.8) is 0 Å². The Kier molecular flexibility index (Phi) is 7.70. The van der Waals surface area contributed by atoms with Crippen LogP contribution in [0, 0.1) is 17.0 Å². The van der Waals surface area contributed by atoms with E-state index in [-0.39, 0.29) is 23.6 Å². The van der Waals surface area contributed by atoms with Gasteiger partial charge in [0.1, 0.15) is 11.6 Å². The van der Waals surface area contributed by atoms with Gasteiger partial charge in [-0.2, -0.15) is 0 Å². The lowest BCUT2D eigenvalue weighted by Crippen LogP contribution is -2.28. The van der Waals surface area contributed by atoms with E-state index in [0.717, 1.165) is 36.2 Å². The first-order valence-electron chi connectivity index (χ1n) is 10.7. The van der Waals surface area contributed by atoms with Crippen molar-refractivity contribution in [3.8, 4) is 5.69 Å². The SMILES string of the molecule is CC.N=Cc1c(NCc2ccccc2F)ccn(-c2cc(NC3CCC3)ncc2F)c1=O. The Balaban J connectivity index is 0.00000141. The van der Waals surface area contributed by atoms with E-state index < -0.39 is 11.4 Å². The topological polar surface area (TPSA) is 82.8 Å². The molecule has 1 fully saturated rings. The second kappa shape index (κ2) is 10.7. The van der Waals surface area contributed by atoms with Crippen molar-refractivity contribution in [1.82, 2.24) is 9.55 Å². The molecular weight excluding hydrogens is 412 g/mol. The van der Waals surface area contributed by atoms with Gasteiger partial charge >= 0.3 is 0 Å². The Morgan fingerprint density at radius 3 is 2.59 bits per heavy atom. The van der Waals surface area contributed by atoms with Crippen LogP contribution in [0.15, 0.2) is 53.6 Å². The van der Waals surface area contributed by atoms with Crippen LogP contribution in [-0.2, 0) is 6.54 Å². The molecule has 3 N–H and O–H groups in total. The van der Waals surface area contributed by atoms with Crippen LogP contribution in [0.2, 0.25) is 0 Å². The number of anilines is 2. The predicted octanol–water partition coefficient (Wildman–Crippen LogP) is 5.11. The molecule has 1 aliphatic rings. The monoisotopic (exact) mass is 439 g/mol. The molecule has 0 bridgehead atoms. The number of hydrogen-bond donors (Lipinski definition) is 3. The molecule has 4 rings (SSSR count). The summed E-state index contributed by atoms with van der Waals surface area (Å²) in [4.78, 5) is 17.0. The van der Waals surface area contributed by atoms with Crippen molar-refractivity contribution >= 4 is 17.7 Å². The van der Waals surface area contributed by atoms with Crippen LogP contribution < -0.4 is 16.2 Å². The highest BCUT2D eigenvalue weighted by atomic mass is 19.1. The van der Waals surface area contributed by atoms with Crippen LogP contribution in [0.25, 0.3) is 5.69 Å². The third kappa shape index (κ3) is 5.01. The van der Waals surface area contributed by atoms with Gasteiger partial charge in [0.2, 0.25) is 0 Å². The number of aromatic nitrogens is 2. The summed E-state index contributed by atoms with van der Waals surface area (Å²) in [5.74, 6) is -0.500. The van der Waals surface area contributed by atoms with Gasteiger partial charge in [0, 0.05) is 36.6 Å². The van der Waals surface area contributed by atoms with Gasteiger partial charge < -0.3 is 16.0 Å². The van der Waals surface area contributed by atoms with Crippen molar-refractivity contribution in [2.45, 2.75) is 45.7 Å². The zero-order valence-electron chi connectivity index (χ0n) is 18.2. The average molecular weight is 440 g/mol. The highest BCUT2D eigenvalue weighted by Crippen LogP contribution is 2.24. The third-order valence-electron chi connectivity index (χ3n) is 5.25. The van der Waals surface area contributed by atoms with E-state index in [0.29, 0.717) is 23.1 Å². The number of rotatable bonds is 7. The van der Waals surface area contributed by atoms with Crippen LogP contribution in [0.4, 0.5) is 20.3 Å². The molecule has 0 atom stereocenters. The summed E-state index contributed by atoms with van der Waals surface area (Å²) in [6.45, 7) is 4.15. The maximum absolute atomic E-state index is 14.5. The summed E-state index contributed by atoms with van der Waals surface area (Å²) < 4.78 is 29.4. The molecule has 0 unspecified atom stereocenters. The van der Waals surface area contributed by atoms with Gasteiger partial charge in [-0.25, -0.2) is 13.8 Å². The first-order valence-corrected chi connectivity index (χ1v) is 10.7. The fraction of sp³-hybridized carbons (Fsp3) is 0.292. The summed E-state index contributed by atoms with van der Waals surface area (Å²) in [5.41, 5.74) is 0.364. The number of nitrogens with zero attached hydrogens (tertiary/aromatic N) is 2. The van der Waals surface area contributed by atoms with E-state index >= 15 is 0 Å². The minimum absolute atomic E-state index is 0.0542. The van der Waals surface area contributed by atoms with Crippen molar-refractivity contribution in [2.75, 3.05) is 10.6 Å². The lowest BCUT2D eigenvalue weighted by Gasteiger charge is -2.27. The molecule has 0 amide bonds. The Morgan fingerprint density at radius 1 is 1.19 bits per heavy atom. The average Bonchev–Trinajstić information content (AvgIpc) is 2.78. The Hall–Kier alpha value is -3.55. The fourth-order valence-electron chi connectivity index (χ4n) is 3.32. The molecule has 1 aliphatic carbocycles. The zero-order valence-corrected chi connectivity index (χ0v) is 18.2. The van der Waals surface area contributed by atoms with Crippen molar-refractivity contribution in [1.29, 1.82) is 5.41 Å². The molecule has 0 spiro atoms. The summed E-state index contributed by atoms with van der Waals surface area (Å²) in [6, 6.07) is 9.69. The van der Waals surface area contributed by atoms with Gasteiger partial charge in [-0.1, -0.05) is 32.0 Å². The van der Waals surface area contributed by atoms with E-state index in [4.69, 9.17) is 5.41 Å². The smallest absolute Gasteiger partial charge is 0.266 e. The number of benzene rings is 1.